The summed E-state index contributed by atoms with van der Waals surface area (Å²) in [6.07, 6.45) is 6.77. The number of phenols is 4. The number of aromatic hydroxyl groups is 4. The molecule has 0 aliphatic carbocycles. The van der Waals surface area contributed by atoms with Crippen molar-refractivity contribution in [3.63, 3.8) is 0 Å². The van der Waals surface area contributed by atoms with Gasteiger partial charge in [-0.15, -0.1) is 0 Å². The Balaban J connectivity index is 1.77. The number of amides is 2. The van der Waals surface area contributed by atoms with Crippen LogP contribution in [0.25, 0.3) is 12.2 Å². The van der Waals surface area contributed by atoms with Crippen LogP contribution in [0.5, 0.6) is 23.0 Å². The van der Waals surface area contributed by atoms with E-state index >= 15 is 0 Å². The molecule has 0 aromatic heterocycles. The third-order valence-corrected chi connectivity index (χ3v) is 4.87. The topological polar surface area (TPSA) is 165 Å². The Labute approximate surface area is 202 Å². The first-order chi connectivity index (χ1) is 16.7. The van der Waals surface area contributed by atoms with Crippen molar-refractivity contribution in [2.24, 2.45) is 0 Å². The van der Waals surface area contributed by atoms with Crippen molar-refractivity contribution in [3.8, 4) is 23.0 Å². The van der Waals surface area contributed by atoms with Gasteiger partial charge in [-0.25, -0.2) is 4.79 Å². The Bertz CT molecular complexity index is 1110. The van der Waals surface area contributed by atoms with E-state index < -0.39 is 17.9 Å². The summed E-state index contributed by atoms with van der Waals surface area (Å²) in [7, 11) is 1.22. The average Bonchev–Trinajstić information content (AvgIpc) is 2.84. The van der Waals surface area contributed by atoms with Crippen LogP contribution < -0.4 is 10.6 Å². The molecule has 0 bridgehead atoms. The summed E-state index contributed by atoms with van der Waals surface area (Å²) in [5.41, 5.74) is 1.03. The second kappa shape index (κ2) is 13.3. The van der Waals surface area contributed by atoms with Crippen LogP contribution in [0.1, 0.15) is 30.4 Å². The molecule has 10 nitrogen and oxygen atoms in total. The van der Waals surface area contributed by atoms with Gasteiger partial charge in [0.15, 0.2) is 23.0 Å². The molecule has 0 aliphatic heterocycles. The van der Waals surface area contributed by atoms with E-state index in [1.165, 1.54) is 61.7 Å². The molecule has 1 atom stereocenters. The zero-order valence-corrected chi connectivity index (χ0v) is 19.1. The summed E-state index contributed by atoms with van der Waals surface area (Å²) < 4.78 is 4.74. The summed E-state index contributed by atoms with van der Waals surface area (Å²) in [5.74, 6) is -2.60. The van der Waals surface area contributed by atoms with E-state index in [9.17, 15) is 34.8 Å². The minimum atomic E-state index is -0.872. The van der Waals surface area contributed by atoms with Gasteiger partial charge in [0.2, 0.25) is 11.8 Å². The zero-order valence-electron chi connectivity index (χ0n) is 19.1. The molecule has 35 heavy (non-hydrogen) atoms. The van der Waals surface area contributed by atoms with Gasteiger partial charge < -0.3 is 35.8 Å². The fourth-order valence-corrected chi connectivity index (χ4v) is 2.99. The van der Waals surface area contributed by atoms with Crippen molar-refractivity contribution in [3.05, 3.63) is 59.7 Å². The van der Waals surface area contributed by atoms with Crippen LogP contribution in [0.4, 0.5) is 0 Å². The van der Waals surface area contributed by atoms with Crippen molar-refractivity contribution in [1.29, 1.82) is 0 Å². The second-order valence-corrected chi connectivity index (χ2v) is 7.53. The Morgan fingerprint density at radius 2 is 1.37 bits per heavy atom. The van der Waals surface area contributed by atoms with Crippen molar-refractivity contribution in [2.45, 2.75) is 25.3 Å². The molecular formula is C25H28N2O8. The SMILES string of the molecule is COC(=O)C(CCCCNC(=O)/C=C/c1ccc(O)c(O)c1)NC(=O)/C=C/c1ccc(O)c(O)c1. The van der Waals surface area contributed by atoms with Crippen LogP contribution in [0.15, 0.2) is 48.6 Å². The van der Waals surface area contributed by atoms with Gasteiger partial charge in [-0.3, -0.25) is 9.59 Å². The minimum absolute atomic E-state index is 0.248. The molecule has 0 saturated heterocycles. The van der Waals surface area contributed by atoms with E-state index in [1.807, 2.05) is 0 Å². The highest BCUT2D eigenvalue weighted by molar-refractivity contribution is 5.94. The first-order valence-corrected chi connectivity index (χ1v) is 10.8. The number of nitrogens with one attached hydrogen (secondary N) is 2. The molecule has 186 valence electrons. The molecule has 2 rings (SSSR count). The average molecular weight is 485 g/mol. The number of ether oxygens (including phenoxy) is 1. The van der Waals surface area contributed by atoms with Crippen LogP contribution in [-0.4, -0.2) is 57.9 Å². The van der Waals surface area contributed by atoms with E-state index in [2.05, 4.69) is 10.6 Å². The second-order valence-electron chi connectivity index (χ2n) is 7.53. The van der Waals surface area contributed by atoms with E-state index in [0.717, 1.165) is 0 Å². The number of rotatable bonds is 11. The molecule has 0 radical (unpaired) electrons. The summed E-state index contributed by atoms with van der Waals surface area (Å²) in [5, 5.41) is 42.8. The van der Waals surface area contributed by atoms with Gasteiger partial charge >= 0.3 is 5.97 Å². The molecule has 10 heteroatoms. The van der Waals surface area contributed by atoms with E-state index in [1.54, 1.807) is 6.07 Å². The van der Waals surface area contributed by atoms with Crippen LogP contribution in [0, 0.1) is 0 Å². The first-order valence-electron chi connectivity index (χ1n) is 10.8. The van der Waals surface area contributed by atoms with E-state index in [-0.39, 0.29) is 28.9 Å². The van der Waals surface area contributed by atoms with Crippen LogP contribution in [0.2, 0.25) is 0 Å². The summed E-state index contributed by atoms with van der Waals surface area (Å²) in [6.45, 7) is 0.343. The number of benzene rings is 2. The van der Waals surface area contributed by atoms with Crippen LogP contribution in [-0.2, 0) is 19.1 Å². The predicted octanol–water partition coefficient (Wildman–Crippen LogP) is 2.18. The maximum absolute atomic E-state index is 12.2. The molecule has 2 aromatic carbocycles. The molecule has 2 amide bonds. The number of carbonyl (C=O) groups is 3. The molecule has 0 saturated carbocycles. The van der Waals surface area contributed by atoms with Gasteiger partial charge in [-0.1, -0.05) is 12.1 Å². The van der Waals surface area contributed by atoms with Gasteiger partial charge in [0.1, 0.15) is 6.04 Å². The highest BCUT2D eigenvalue weighted by Gasteiger charge is 2.20. The highest BCUT2D eigenvalue weighted by atomic mass is 16.5. The number of carbonyl (C=O) groups excluding carboxylic acids is 3. The summed E-state index contributed by atoms with van der Waals surface area (Å²) in [6, 6.07) is 7.40. The molecule has 0 heterocycles. The fourth-order valence-electron chi connectivity index (χ4n) is 2.99. The van der Waals surface area contributed by atoms with Gasteiger partial charge in [-0.05, 0) is 66.8 Å². The molecule has 0 fully saturated rings. The zero-order chi connectivity index (χ0) is 25.8. The number of hydrogen-bond donors (Lipinski definition) is 6. The Morgan fingerprint density at radius 3 is 1.89 bits per heavy atom. The molecule has 6 N–H and O–H groups in total. The molecule has 0 aliphatic rings. The number of phenolic OH excluding ortho intramolecular Hbond substituents is 4. The fraction of sp³-hybridized carbons (Fsp3) is 0.240. The smallest absolute Gasteiger partial charge is 0.328 e. The first kappa shape index (κ1) is 26.8. The normalized spacial score (nSPS) is 11.9. The Kier molecular flexibility index (Phi) is 10.2. The number of methoxy groups -OCH3 is 1. The van der Waals surface area contributed by atoms with Gasteiger partial charge in [0, 0.05) is 18.7 Å². The van der Waals surface area contributed by atoms with E-state index in [4.69, 9.17) is 4.74 Å². The van der Waals surface area contributed by atoms with Gasteiger partial charge in [-0.2, -0.15) is 0 Å². The molecular weight excluding hydrogens is 456 g/mol. The number of hydrogen-bond acceptors (Lipinski definition) is 8. The lowest BCUT2D eigenvalue weighted by Crippen LogP contribution is -2.40. The van der Waals surface area contributed by atoms with Crippen molar-refractivity contribution in [1.82, 2.24) is 10.6 Å². The lowest BCUT2D eigenvalue weighted by molar-refractivity contribution is -0.144. The Morgan fingerprint density at radius 1 is 0.829 bits per heavy atom. The summed E-state index contributed by atoms with van der Waals surface area (Å²) >= 11 is 0. The monoisotopic (exact) mass is 484 g/mol. The number of esters is 1. The molecule has 2 aromatic rings. The summed E-state index contributed by atoms with van der Waals surface area (Å²) in [4.78, 5) is 36.1. The van der Waals surface area contributed by atoms with Gasteiger partial charge in [0.25, 0.3) is 0 Å². The minimum Gasteiger partial charge on any atom is -0.504 e. The van der Waals surface area contributed by atoms with Crippen molar-refractivity contribution in [2.75, 3.05) is 13.7 Å². The quantitative estimate of drug-likeness (QED) is 0.122. The maximum Gasteiger partial charge on any atom is 0.328 e. The predicted molar refractivity (Wildman–Crippen MR) is 128 cm³/mol. The van der Waals surface area contributed by atoms with Crippen LogP contribution in [0.3, 0.4) is 0 Å². The Hall–Kier alpha value is -4.47. The maximum atomic E-state index is 12.2. The van der Waals surface area contributed by atoms with Crippen molar-refractivity contribution < 1.29 is 39.5 Å². The van der Waals surface area contributed by atoms with Crippen LogP contribution >= 0.6 is 0 Å². The lowest BCUT2D eigenvalue weighted by atomic mass is 10.1. The van der Waals surface area contributed by atoms with E-state index in [0.29, 0.717) is 36.9 Å². The third-order valence-electron chi connectivity index (χ3n) is 4.87. The molecule has 0 spiro atoms. The largest absolute Gasteiger partial charge is 0.504 e. The van der Waals surface area contributed by atoms with Gasteiger partial charge in [0.05, 0.1) is 7.11 Å². The third kappa shape index (κ3) is 9.12. The lowest BCUT2D eigenvalue weighted by Gasteiger charge is -2.15. The standard InChI is InChI=1S/C25H28N2O8/c1-35-25(34)18(27-24(33)12-8-17-6-10-20(29)22(31)15-17)4-2-3-13-26-23(32)11-7-16-5-9-19(28)21(30)14-16/h5-12,14-15,18,28-31H,2-4,13H2,1H3,(H,26,32)(H,27,33)/b11-7+,12-8+. The number of unbranched alkanes of at least 4 members (excludes halogenated alkanes) is 1. The van der Waals surface area contributed by atoms with Crippen molar-refractivity contribution >= 4 is 29.9 Å². The highest BCUT2D eigenvalue weighted by Crippen LogP contribution is 2.26. The molecule has 1 unspecified atom stereocenters.